The highest BCUT2D eigenvalue weighted by atomic mass is 32.1. The molecular formula is C19H14N2O3S. The number of thiophene rings is 1. The van der Waals surface area contributed by atoms with Crippen molar-refractivity contribution in [1.82, 2.24) is 10.2 Å². The van der Waals surface area contributed by atoms with Gasteiger partial charge in [0.05, 0.1) is 22.8 Å². The molecule has 5 nitrogen and oxygen atoms in total. The fourth-order valence-electron chi connectivity index (χ4n) is 4.34. The van der Waals surface area contributed by atoms with Crippen LogP contribution >= 0.6 is 11.3 Å². The first-order valence-electron chi connectivity index (χ1n) is 8.14. The van der Waals surface area contributed by atoms with E-state index >= 15 is 0 Å². The summed E-state index contributed by atoms with van der Waals surface area (Å²) in [5, 5.41) is 4.28. The molecule has 3 aliphatic heterocycles. The first-order valence-corrected chi connectivity index (χ1v) is 9.02. The minimum Gasteiger partial charge on any atom is -0.358 e. The van der Waals surface area contributed by atoms with Gasteiger partial charge < -0.3 is 4.90 Å². The summed E-state index contributed by atoms with van der Waals surface area (Å²) in [5.41, 5.74) is 2.02. The van der Waals surface area contributed by atoms with Crippen molar-refractivity contribution in [3.8, 4) is 0 Å². The number of benzene rings is 1. The number of hydrogen-bond acceptors (Lipinski definition) is 5. The van der Waals surface area contributed by atoms with Crippen LogP contribution in [0.2, 0.25) is 0 Å². The maximum absolute atomic E-state index is 13.1. The van der Waals surface area contributed by atoms with Crippen LogP contribution in [0.4, 0.5) is 0 Å². The molecule has 1 aromatic heterocycles. The fourth-order valence-corrected chi connectivity index (χ4v) is 5.04. The van der Waals surface area contributed by atoms with Gasteiger partial charge in [-0.05, 0) is 28.6 Å². The van der Waals surface area contributed by atoms with Gasteiger partial charge in [0, 0.05) is 6.20 Å². The van der Waals surface area contributed by atoms with Crippen molar-refractivity contribution in [1.29, 1.82) is 0 Å². The lowest BCUT2D eigenvalue weighted by Crippen LogP contribution is -2.42. The molecule has 2 amide bonds. The Balaban J connectivity index is 1.67. The average molecular weight is 350 g/mol. The Labute approximate surface area is 148 Å². The molecule has 2 fully saturated rings. The third-order valence-corrected chi connectivity index (χ3v) is 6.22. The molecule has 0 bridgehead atoms. The van der Waals surface area contributed by atoms with Gasteiger partial charge in [-0.15, -0.1) is 11.3 Å². The number of imide groups is 1. The van der Waals surface area contributed by atoms with Crippen molar-refractivity contribution in [3.05, 3.63) is 64.0 Å². The van der Waals surface area contributed by atoms with Crippen LogP contribution in [0, 0.1) is 11.8 Å². The Hall–Kier alpha value is -2.73. The van der Waals surface area contributed by atoms with Crippen molar-refractivity contribution < 1.29 is 14.4 Å². The molecular weight excluding hydrogens is 336 g/mol. The second kappa shape index (κ2) is 5.13. The molecule has 1 N–H and O–H groups in total. The van der Waals surface area contributed by atoms with Gasteiger partial charge >= 0.3 is 0 Å². The highest BCUT2D eigenvalue weighted by Crippen LogP contribution is 2.51. The maximum atomic E-state index is 13.1. The Morgan fingerprint density at radius 1 is 1.04 bits per heavy atom. The number of Topliss-reactive ketones (excluding diaryl/α,β-unsaturated/α-hetero) is 1. The van der Waals surface area contributed by atoms with E-state index in [-0.39, 0.29) is 23.6 Å². The monoisotopic (exact) mass is 350 g/mol. The van der Waals surface area contributed by atoms with E-state index in [4.69, 9.17) is 0 Å². The van der Waals surface area contributed by atoms with Crippen molar-refractivity contribution >= 4 is 35.0 Å². The van der Waals surface area contributed by atoms with Crippen LogP contribution in [0.5, 0.6) is 0 Å². The minimum absolute atomic E-state index is 0.0959. The van der Waals surface area contributed by atoms with E-state index in [1.807, 2.05) is 52.9 Å². The summed E-state index contributed by atoms with van der Waals surface area (Å²) in [6, 6.07) is 10.5. The molecule has 0 aliphatic carbocycles. The molecule has 0 unspecified atom stereocenters. The summed E-state index contributed by atoms with van der Waals surface area (Å²) < 4.78 is 0. The Morgan fingerprint density at radius 3 is 2.64 bits per heavy atom. The molecule has 4 atom stereocenters. The molecule has 2 aromatic rings. The summed E-state index contributed by atoms with van der Waals surface area (Å²) in [7, 11) is 0. The zero-order chi connectivity index (χ0) is 17.1. The normalized spacial score (nSPS) is 29.2. The van der Waals surface area contributed by atoms with Crippen molar-refractivity contribution in [2.24, 2.45) is 11.8 Å². The van der Waals surface area contributed by atoms with Gasteiger partial charge in [-0.1, -0.05) is 30.3 Å². The molecule has 0 radical (unpaired) electrons. The number of fused-ring (bicyclic) bond motifs is 5. The van der Waals surface area contributed by atoms with Gasteiger partial charge in [-0.25, -0.2) is 0 Å². The van der Waals surface area contributed by atoms with Gasteiger partial charge in [0.1, 0.15) is 6.04 Å². The Bertz CT molecular complexity index is 934. The first kappa shape index (κ1) is 14.6. The number of hydrogen-bond donors (Lipinski definition) is 1. The van der Waals surface area contributed by atoms with Crippen LogP contribution < -0.4 is 5.32 Å². The Morgan fingerprint density at radius 2 is 1.84 bits per heavy atom. The predicted octanol–water partition coefficient (Wildman–Crippen LogP) is 2.23. The van der Waals surface area contributed by atoms with Crippen LogP contribution in [0.1, 0.15) is 26.8 Å². The molecule has 6 heteroatoms. The maximum Gasteiger partial charge on any atom is 0.233 e. The summed E-state index contributed by atoms with van der Waals surface area (Å²) in [6.45, 7) is 0. The third-order valence-electron chi connectivity index (χ3n) is 5.34. The molecule has 4 heterocycles. The summed E-state index contributed by atoms with van der Waals surface area (Å²) >= 11 is 1.36. The van der Waals surface area contributed by atoms with Gasteiger partial charge in [-0.2, -0.15) is 0 Å². The first-order chi connectivity index (χ1) is 12.2. The molecule has 0 saturated carbocycles. The van der Waals surface area contributed by atoms with Crippen LogP contribution in [0.25, 0.3) is 6.08 Å². The molecule has 2 saturated heterocycles. The van der Waals surface area contributed by atoms with Gasteiger partial charge in [0.2, 0.25) is 11.8 Å². The summed E-state index contributed by atoms with van der Waals surface area (Å²) in [5.74, 6) is -1.90. The van der Waals surface area contributed by atoms with Gasteiger partial charge in [0.25, 0.3) is 0 Å². The molecule has 5 rings (SSSR count). The Kier molecular flexibility index (Phi) is 3.00. The molecule has 124 valence electrons. The van der Waals surface area contributed by atoms with Crippen molar-refractivity contribution in [2.75, 3.05) is 0 Å². The standard InChI is InChI=1S/C19H14N2O3S/c22-17(12-6-3-9-25-12)16-14-13(18(23)20-19(14)24)15-11-5-2-1-4-10(11)7-8-21(15)16/h1-9,13-16H,(H,20,23,24)/t13-,14-,15-,16+/m1/s1. The van der Waals surface area contributed by atoms with E-state index in [2.05, 4.69) is 5.32 Å². The van der Waals surface area contributed by atoms with E-state index in [1.54, 1.807) is 6.07 Å². The topological polar surface area (TPSA) is 66.5 Å². The van der Waals surface area contributed by atoms with Crippen molar-refractivity contribution in [3.63, 3.8) is 0 Å². The predicted molar refractivity (Wildman–Crippen MR) is 92.6 cm³/mol. The zero-order valence-electron chi connectivity index (χ0n) is 13.1. The zero-order valence-corrected chi connectivity index (χ0v) is 13.9. The summed E-state index contributed by atoms with van der Waals surface area (Å²) in [6.07, 6.45) is 3.81. The summed E-state index contributed by atoms with van der Waals surface area (Å²) in [4.78, 5) is 40.6. The lowest BCUT2D eigenvalue weighted by molar-refractivity contribution is -0.127. The van der Waals surface area contributed by atoms with E-state index < -0.39 is 17.9 Å². The number of carbonyl (C=O) groups is 3. The molecule has 1 aromatic carbocycles. The number of nitrogens with zero attached hydrogens (tertiary/aromatic N) is 1. The number of nitrogens with one attached hydrogen (secondary N) is 1. The van der Waals surface area contributed by atoms with E-state index in [0.29, 0.717) is 4.88 Å². The molecule has 0 spiro atoms. The van der Waals surface area contributed by atoms with Gasteiger partial charge in [-0.3, -0.25) is 19.7 Å². The van der Waals surface area contributed by atoms with Crippen LogP contribution in [0.15, 0.2) is 48.0 Å². The molecule has 25 heavy (non-hydrogen) atoms. The second-order valence-corrected chi connectivity index (χ2v) is 7.48. The average Bonchev–Trinajstić information content (AvgIpc) is 3.32. The van der Waals surface area contributed by atoms with E-state index in [1.165, 1.54) is 11.3 Å². The van der Waals surface area contributed by atoms with Crippen molar-refractivity contribution in [2.45, 2.75) is 12.1 Å². The van der Waals surface area contributed by atoms with Gasteiger partial charge in [0.15, 0.2) is 5.78 Å². The number of carbonyl (C=O) groups excluding carboxylic acids is 3. The number of rotatable bonds is 2. The lowest BCUT2D eigenvalue weighted by atomic mass is 9.84. The number of ketones is 1. The fraction of sp³-hybridized carbons (Fsp3) is 0.211. The third kappa shape index (κ3) is 1.91. The van der Waals surface area contributed by atoms with Crippen LogP contribution in [-0.4, -0.2) is 28.5 Å². The highest BCUT2D eigenvalue weighted by molar-refractivity contribution is 7.12. The molecule has 3 aliphatic rings. The largest absolute Gasteiger partial charge is 0.358 e. The second-order valence-electron chi connectivity index (χ2n) is 6.53. The van der Waals surface area contributed by atoms with E-state index in [0.717, 1.165) is 11.1 Å². The lowest BCUT2D eigenvalue weighted by Gasteiger charge is -2.34. The smallest absolute Gasteiger partial charge is 0.233 e. The van der Waals surface area contributed by atoms with Crippen LogP contribution in [0.3, 0.4) is 0 Å². The van der Waals surface area contributed by atoms with Crippen LogP contribution in [-0.2, 0) is 9.59 Å². The number of amides is 2. The SMILES string of the molecule is O=C1NC(=O)[C@@H]2[C@@H]1[C@@H](C(=O)c1cccs1)N1C=Cc3ccccc3[C@H]21. The minimum atomic E-state index is -0.650. The highest BCUT2D eigenvalue weighted by Gasteiger charge is 2.61. The van der Waals surface area contributed by atoms with E-state index in [9.17, 15) is 14.4 Å². The quantitative estimate of drug-likeness (QED) is 0.666.